The van der Waals surface area contributed by atoms with Crippen LogP contribution in [0.3, 0.4) is 0 Å². The maximum absolute atomic E-state index is 10.5. The Balaban J connectivity index is 2.76. The third kappa shape index (κ3) is 2.10. The van der Waals surface area contributed by atoms with Crippen LogP contribution in [-0.4, -0.2) is 54.9 Å². The number of aliphatic carboxylic acids is 1. The molecule has 0 bridgehead atoms. The van der Waals surface area contributed by atoms with Gasteiger partial charge in [-0.15, -0.1) is 0 Å². The van der Waals surface area contributed by atoms with Crippen molar-refractivity contribution in [2.24, 2.45) is 0 Å². The molecule has 0 spiro atoms. The van der Waals surface area contributed by atoms with E-state index in [1.54, 1.807) is 22.6 Å². The number of hydrogen-bond acceptors (Lipinski definition) is 5. The van der Waals surface area contributed by atoms with E-state index >= 15 is 0 Å². The van der Waals surface area contributed by atoms with Crippen molar-refractivity contribution in [3.05, 3.63) is 0 Å². The lowest BCUT2D eigenvalue weighted by Gasteiger charge is -2.36. The number of alkyl halides is 1. The molecule has 0 saturated carbocycles. The lowest BCUT2D eigenvalue weighted by Crippen LogP contribution is -2.57. The van der Waals surface area contributed by atoms with E-state index in [4.69, 9.17) is 10.2 Å². The monoisotopic (exact) mass is 304 g/mol. The van der Waals surface area contributed by atoms with Crippen molar-refractivity contribution in [1.82, 2.24) is 0 Å². The van der Waals surface area contributed by atoms with Crippen LogP contribution in [0.15, 0.2) is 0 Å². The topological polar surface area (TPSA) is 107 Å². The van der Waals surface area contributed by atoms with Gasteiger partial charge in [0.25, 0.3) is 0 Å². The Morgan fingerprint density at radius 2 is 1.77 bits per heavy atom. The molecule has 1 saturated heterocycles. The second-order valence-corrected chi connectivity index (χ2v) is 4.15. The Hall–Kier alpha value is 0.0400. The molecular weight excluding hydrogens is 295 g/mol. The molecule has 4 N–H and O–H groups in total. The van der Waals surface area contributed by atoms with Crippen molar-refractivity contribution in [2.75, 3.05) is 0 Å². The van der Waals surface area contributed by atoms with Gasteiger partial charge in [-0.1, -0.05) is 22.6 Å². The van der Waals surface area contributed by atoms with E-state index < -0.39 is 34.5 Å². The molecule has 5 atom stereocenters. The fraction of sp³-hybridized carbons (Fsp3) is 0.833. The maximum Gasteiger partial charge on any atom is 0.335 e. The molecule has 1 aliphatic heterocycles. The highest BCUT2D eigenvalue weighted by Crippen LogP contribution is 2.25. The van der Waals surface area contributed by atoms with E-state index in [1.807, 2.05) is 0 Å². The van der Waals surface area contributed by atoms with Gasteiger partial charge in [-0.05, 0) is 0 Å². The number of ether oxygens (including phenoxy) is 1. The van der Waals surface area contributed by atoms with E-state index in [1.165, 1.54) is 0 Å². The van der Waals surface area contributed by atoms with Crippen LogP contribution in [0.1, 0.15) is 0 Å². The van der Waals surface area contributed by atoms with E-state index in [0.29, 0.717) is 0 Å². The van der Waals surface area contributed by atoms with Gasteiger partial charge < -0.3 is 25.2 Å². The molecule has 1 fully saturated rings. The first-order valence-electron chi connectivity index (χ1n) is 3.51. The minimum Gasteiger partial charge on any atom is -0.479 e. The fourth-order valence-electron chi connectivity index (χ4n) is 1.04. The number of aliphatic hydroxyl groups is 3. The molecule has 6 nitrogen and oxygen atoms in total. The standard InChI is InChI=1S/C6H9IO6/c7-1-2(8)4(5(10)11)13-6(12)3(1)9/h1-4,6,8-9,12H,(H,10,11). The summed E-state index contributed by atoms with van der Waals surface area (Å²) in [6, 6.07) is 0. The Kier molecular flexibility index (Phi) is 3.46. The SMILES string of the molecule is O=C(O)C1OC(O)C(O)C(I)C1O. The van der Waals surface area contributed by atoms with Gasteiger partial charge in [0.2, 0.25) is 0 Å². The highest BCUT2D eigenvalue weighted by molar-refractivity contribution is 14.1. The van der Waals surface area contributed by atoms with Gasteiger partial charge >= 0.3 is 5.97 Å². The van der Waals surface area contributed by atoms with Gasteiger partial charge in [0.15, 0.2) is 12.4 Å². The molecule has 5 unspecified atom stereocenters. The maximum atomic E-state index is 10.5. The van der Waals surface area contributed by atoms with Crippen molar-refractivity contribution in [3.8, 4) is 0 Å². The number of carbonyl (C=O) groups is 1. The predicted molar refractivity (Wildman–Crippen MR) is 48.3 cm³/mol. The smallest absolute Gasteiger partial charge is 0.335 e. The largest absolute Gasteiger partial charge is 0.479 e. The molecule has 13 heavy (non-hydrogen) atoms. The van der Waals surface area contributed by atoms with E-state index in [2.05, 4.69) is 4.74 Å². The predicted octanol–water partition coefficient (Wildman–Crippen LogP) is -1.69. The first-order chi connectivity index (χ1) is 5.95. The minimum atomic E-state index is -1.56. The summed E-state index contributed by atoms with van der Waals surface area (Å²) in [5, 5.41) is 36.1. The molecule has 0 amide bonds. The zero-order valence-corrected chi connectivity index (χ0v) is 8.53. The summed E-state index contributed by atoms with van der Waals surface area (Å²) in [5.41, 5.74) is 0. The Morgan fingerprint density at radius 1 is 1.23 bits per heavy atom. The highest BCUT2D eigenvalue weighted by atomic mass is 127. The first kappa shape index (κ1) is 11.1. The Bertz CT molecular complexity index is 209. The molecule has 76 valence electrons. The number of carboxylic acid groups (broad SMARTS) is 1. The summed E-state index contributed by atoms with van der Waals surface area (Å²) in [5.74, 6) is -1.36. The average molecular weight is 304 g/mol. The van der Waals surface area contributed by atoms with Crippen LogP contribution in [0.5, 0.6) is 0 Å². The van der Waals surface area contributed by atoms with Crippen molar-refractivity contribution < 1.29 is 30.0 Å². The highest BCUT2D eigenvalue weighted by Gasteiger charge is 2.45. The van der Waals surface area contributed by atoms with Gasteiger partial charge in [0.1, 0.15) is 12.2 Å². The van der Waals surface area contributed by atoms with Crippen molar-refractivity contribution in [2.45, 2.75) is 28.5 Å². The molecule has 0 aliphatic carbocycles. The Morgan fingerprint density at radius 3 is 2.23 bits per heavy atom. The number of halogens is 1. The molecule has 1 heterocycles. The van der Waals surface area contributed by atoms with Crippen LogP contribution in [0, 0.1) is 0 Å². The number of aliphatic hydroxyl groups excluding tert-OH is 3. The van der Waals surface area contributed by atoms with Crippen molar-refractivity contribution in [1.29, 1.82) is 0 Å². The summed E-state index contributed by atoms with van der Waals surface area (Å²) < 4.78 is 3.73. The zero-order chi connectivity index (χ0) is 10.2. The molecule has 0 radical (unpaired) electrons. The third-order valence-electron chi connectivity index (χ3n) is 1.78. The second-order valence-electron chi connectivity index (χ2n) is 2.71. The van der Waals surface area contributed by atoms with Crippen molar-refractivity contribution in [3.63, 3.8) is 0 Å². The summed E-state index contributed by atoms with van der Waals surface area (Å²) >= 11 is 1.67. The summed E-state index contributed by atoms with van der Waals surface area (Å²) in [6.07, 6.45) is -5.64. The molecule has 1 aliphatic rings. The van der Waals surface area contributed by atoms with Gasteiger partial charge in [-0.2, -0.15) is 0 Å². The molecule has 0 aromatic rings. The van der Waals surface area contributed by atoms with Gasteiger partial charge in [0, 0.05) is 0 Å². The summed E-state index contributed by atoms with van der Waals surface area (Å²) in [6.45, 7) is 0. The number of rotatable bonds is 1. The number of carboxylic acids is 1. The van der Waals surface area contributed by atoms with Gasteiger partial charge in [-0.3, -0.25) is 0 Å². The number of hydrogen-bond donors (Lipinski definition) is 4. The normalized spacial score (nSPS) is 46.0. The molecule has 1 rings (SSSR count). The van der Waals surface area contributed by atoms with Crippen LogP contribution in [-0.2, 0) is 9.53 Å². The summed E-state index contributed by atoms with van der Waals surface area (Å²) in [4.78, 5) is 10.5. The summed E-state index contributed by atoms with van der Waals surface area (Å²) in [7, 11) is 0. The van der Waals surface area contributed by atoms with Crippen LogP contribution >= 0.6 is 22.6 Å². The van der Waals surface area contributed by atoms with E-state index in [-0.39, 0.29) is 0 Å². The van der Waals surface area contributed by atoms with Gasteiger partial charge in [-0.25, -0.2) is 4.79 Å². The second kappa shape index (κ2) is 4.05. The molecule has 0 aromatic heterocycles. The van der Waals surface area contributed by atoms with Gasteiger partial charge in [0.05, 0.1) is 3.92 Å². The first-order valence-corrected chi connectivity index (χ1v) is 4.76. The van der Waals surface area contributed by atoms with Crippen LogP contribution < -0.4 is 0 Å². The molecule has 7 heteroatoms. The van der Waals surface area contributed by atoms with Crippen LogP contribution in [0.2, 0.25) is 0 Å². The van der Waals surface area contributed by atoms with Crippen LogP contribution in [0.25, 0.3) is 0 Å². The van der Waals surface area contributed by atoms with E-state index in [9.17, 15) is 15.0 Å². The molecule has 0 aromatic carbocycles. The lowest BCUT2D eigenvalue weighted by molar-refractivity contribution is -0.242. The van der Waals surface area contributed by atoms with Crippen molar-refractivity contribution >= 4 is 28.6 Å². The Labute approximate surface area is 87.3 Å². The minimum absolute atomic E-state index is 0.762. The lowest BCUT2D eigenvalue weighted by atomic mass is 10.0. The zero-order valence-electron chi connectivity index (χ0n) is 6.37. The quantitative estimate of drug-likeness (QED) is 0.340. The molecular formula is C6H9IO6. The van der Waals surface area contributed by atoms with Crippen LogP contribution in [0.4, 0.5) is 0 Å². The fourth-order valence-corrected chi connectivity index (χ4v) is 1.77. The third-order valence-corrected chi connectivity index (χ3v) is 3.26. The average Bonchev–Trinajstić information content (AvgIpc) is 2.07. The van der Waals surface area contributed by atoms with E-state index in [0.717, 1.165) is 0 Å².